The van der Waals surface area contributed by atoms with Gasteiger partial charge in [0.25, 0.3) is 0 Å². The minimum absolute atomic E-state index is 0.0639. The van der Waals surface area contributed by atoms with Crippen LogP contribution < -0.4 is 9.64 Å². The zero-order chi connectivity index (χ0) is 25.4. The maximum Gasteiger partial charge on any atom is 0.316 e. The van der Waals surface area contributed by atoms with Crippen molar-refractivity contribution in [2.24, 2.45) is 41.4 Å². The van der Waals surface area contributed by atoms with E-state index in [9.17, 15) is 19.2 Å². The Hall–Kier alpha value is -3.74. The Morgan fingerprint density at radius 3 is 2.27 bits per heavy atom. The molecule has 2 aromatic carbocycles. The highest BCUT2D eigenvalue weighted by atomic mass is 16.5. The van der Waals surface area contributed by atoms with Gasteiger partial charge in [-0.2, -0.15) is 0 Å². The number of hydrogen-bond donors (Lipinski definition) is 0. The Bertz CT molecular complexity index is 1330. The summed E-state index contributed by atoms with van der Waals surface area (Å²) in [4.78, 5) is 55.3. The van der Waals surface area contributed by atoms with Crippen molar-refractivity contribution in [3.05, 3.63) is 71.8 Å². The van der Waals surface area contributed by atoms with E-state index in [1.807, 2.05) is 37.3 Å². The maximum absolute atomic E-state index is 13.4. The van der Waals surface area contributed by atoms with Gasteiger partial charge in [-0.3, -0.25) is 19.2 Å². The zero-order valence-electron chi connectivity index (χ0n) is 20.6. The number of likely N-dealkylation sites (tertiary alicyclic amines) is 1. The summed E-state index contributed by atoms with van der Waals surface area (Å²) in [5.74, 6) is 0.0761. The van der Waals surface area contributed by atoms with Crippen molar-refractivity contribution in [1.82, 2.24) is 4.90 Å². The lowest BCUT2D eigenvalue weighted by Crippen LogP contribution is -2.40. The molecule has 2 aliphatic heterocycles. The summed E-state index contributed by atoms with van der Waals surface area (Å²) < 4.78 is 5.64. The second-order valence-electron chi connectivity index (χ2n) is 11.2. The number of allylic oxidation sites excluding steroid dienone is 2. The van der Waals surface area contributed by atoms with Crippen LogP contribution in [0, 0.1) is 48.3 Å². The highest BCUT2D eigenvalue weighted by Crippen LogP contribution is 2.65. The molecule has 2 saturated carbocycles. The van der Waals surface area contributed by atoms with Crippen LogP contribution >= 0.6 is 0 Å². The van der Waals surface area contributed by atoms with Crippen molar-refractivity contribution in [3.8, 4) is 5.75 Å². The van der Waals surface area contributed by atoms with E-state index in [2.05, 4.69) is 12.2 Å². The maximum atomic E-state index is 13.4. The van der Waals surface area contributed by atoms with Crippen molar-refractivity contribution in [1.29, 1.82) is 0 Å². The SMILES string of the molecule is Cc1cc(OC(=O)[C@@H]2CC(=O)N(Cc3ccccc3)C2)ccc1N1C(=O)[C@@H]2[C@H]3C=C[C@@H]([C@@H]4C[C@@H]34)[C@H]2C1=O. The molecule has 7 nitrogen and oxygen atoms in total. The van der Waals surface area contributed by atoms with Gasteiger partial charge in [0.1, 0.15) is 5.75 Å². The largest absolute Gasteiger partial charge is 0.426 e. The number of anilines is 1. The first kappa shape index (κ1) is 22.5. The normalized spacial score (nSPS) is 33.1. The lowest BCUT2D eigenvalue weighted by molar-refractivity contribution is -0.139. The van der Waals surface area contributed by atoms with Crippen molar-refractivity contribution < 1.29 is 23.9 Å². The molecule has 2 heterocycles. The molecule has 2 saturated heterocycles. The highest BCUT2D eigenvalue weighted by molar-refractivity contribution is 6.23. The molecule has 7 heteroatoms. The van der Waals surface area contributed by atoms with Gasteiger partial charge in [-0.1, -0.05) is 42.5 Å². The molecule has 2 aromatic rings. The summed E-state index contributed by atoms with van der Waals surface area (Å²) in [7, 11) is 0. The fourth-order valence-corrected chi connectivity index (χ4v) is 7.22. The molecule has 8 rings (SSSR count). The van der Waals surface area contributed by atoms with Crippen LogP contribution in [-0.2, 0) is 25.7 Å². The average Bonchev–Trinajstić information content (AvgIpc) is 3.59. The average molecular weight is 497 g/mol. The number of rotatable bonds is 5. The molecular weight excluding hydrogens is 468 g/mol. The summed E-state index contributed by atoms with van der Waals surface area (Å²) in [6, 6.07) is 14.7. The van der Waals surface area contributed by atoms with E-state index in [1.54, 1.807) is 23.1 Å². The summed E-state index contributed by atoms with van der Waals surface area (Å²) in [5.41, 5.74) is 2.27. The molecule has 0 spiro atoms. The second kappa shape index (κ2) is 8.13. The Morgan fingerprint density at radius 2 is 1.62 bits per heavy atom. The number of carbonyl (C=O) groups is 4. The number of esters is 1. The molecule has 0 unspecified atom stereocenters. The van der Waals surface area contributed by atoms with Gasteiger partial charge in [-0.25, -0.2) is 4.90 Å². The number of hydrogen-bond acceptors (Lipinski definition) is 5. The van der Waals surface area contributed by atoms with Gasteiger partial charge in [-0.15, -0.1) is 0 Å². The first-order valence-electron chi connectivity index (χ1n) is 13.1. The number of ether oxygens (including phenoxy) is 1. The van der Waals surface area contributed by atoms with Gasteiger partial charge < -0.3 is 9.64 Å². The summed E-state index contributed by atoms with van der Waals surface area (Å²) in [6.45, 7) is 2.61. The number of benzene rings is 2. The molecule has 37 heavy (non-hydrogen) atoms. The van der Waals surface area contributed by atoms with Crippen LogP contribution in [-0.4, -0.2) is 35.1 Å². The van der Waals surface area contributed by atoms with E-state index in [1.165, 1.54) is 4.90 Å². The third kappa shape index (κ3) is 3.47. The van der Waals surface area contributed by atoms with Gasteiger partial charge in [0.2, 0.25) is 17.7 Å². The highest BCUT2D eigenvalue weighted by Gasteiger charge is 2.67. The molecule has 4 fully saturated rings. The molecule has 7 atom stereocenters. The monoisotopic (exact) mass is 496 g/mol. The zero-order valence-corrected chi connectivity index (χ0v) is 20.6. The molecule has 0 N–H and O–H groups in total. The molecule has 3 amide bonds. The van der Waals surface area contributed by atoms with Crippen LogP contribution in [0.15, 0.2) is 60.7 Å². The van der Waals surface area contributed by atoms with Crippen LogP contribution in [0.3, 0.4) is 0 Å². The number of imide groups is 1. The minimum atomic E-state index is -0.532. The molecule has 6 aliphatic rings. The van der Waals surface area contributed by atoms with Gasteiger partial charge in [0, 0.05) is 19.5 Å². The third-order valence-corrected chi connectivity index (χ3v) is 9.05. The fourth-order valence-electron chi connectivity index (χ4n) is 7.22. The van der Waals surface area contributed by atoms with Gasteiger partial charge in [-0.05, 0) is 66.3 Å². The van der Waals surface area contributed by atoms with E-state index in [4.69, 9.17) is 4.74 Å². The summed E-state index contributed by atoms with van der Waals surface area (Å²) in [6.07, 6.45) is 5.59. The topological polar surface area (TPSA) is 84.0 Å². The van der Waals surface area contributed by atoms with E-state index in [0.29, 0.717) is 41.9 Å². The summed E-state index contributed by atoms with van der Waals surface area (Å²) in [5, 5.41) is 0. The van der Waals surface area contributed by atoms with Crippen LogP contribution in [0.25, 0.3) is 0 Å². The summed E-state index contributed by atoms with van der Waals surface area (Å²) >= 11 is 0. The van der Waals surface area contributed by atoms with Crippen LogP contribution in [0.1, 0.15) is 24.0 Å². The molecule has 2 bridgehead atoms. The van der Waals surface area contributed by atoms with E-state index < -0.39 is 11.9 Å². The van der Waals surface area contributed by atoms with E-state index in [-0.39, 0.29) is 47.8 Å². The Balaban J connectivity index is 1.04. The van der Waals surface area contributed by atoms with Crippen molar-refractivity contribution in [2.75, 3.05) is 11.4 Å². The number of carbonyl (C=O) groups excluding carboxylic acids is 4. The van der Waals surface area contributed by atoms with Gasteiger partial charge in [0.15, 0.2) is 0 Å². The van der Waals surface area contributed by atoms with Crippen molar-refractivity contribution in [3.63, 3.8) is 0 Å². The van der Waals surface area contributed by atoms with Crippen LogP contribution in [0.4, 0.5) is 5.69 Å². The quantitative estimate of drug-likeness (QED) is 0.274. The fraction of sp³-hybridized carbons (Fsp3) is 0.400. The number of amides is 3. The molecular formula is C30H28N2O5. The standard InChI is InChI=1S/C30H28N2O5/c1-16-11-19(37-30(36)18-12-25(33)31(15-18)14-17-5-3-2-4-6-17)7-10-24(16)32-28(34)26-20-8-9-21(23-13-22(20)23)27(26)29(32)35/h2-11,18,20-23,26-27H,12-15H2,1H3/t18-,20+,21+,22+,23+,26-,27-/m1/s1. The lowest BCUT2D eigenvalue weighted by atomic mass is 9.63. The number of nitrogens with zero attached hydrogens (tertiary/aromatic N) is 2. The van der Waals surface area contributed by atoms with Gasteiger partial charge in [0.05, 0.1) is 23.4 Å². The first-order chi connectivity index (χ1) is 17.9. The predicted octanol–water partition coefficient (Wildman–Crippen LogP) is 3.51. The van der Waals surface area contributed by atoms with E-state index in [0.717, 1.165) is 12.0 Å². The smallest absolute Gasteiger partial charge is 0.316 e. The molecule has 188 valence electrons. The van der Waals surface area contributed by atoms with Crippen molar-refractivity contribution >= 4 is 29.4 Å². The second-order valence-corrected chi connectivity index (χ2v) is 11.2. The molecule has 0 radical (unpaired) electrons. The Morgan fingerprint density at radius 1 is 0.946 bits per heavy atom. The minimum Gasteiger partial charge on any atom is -0.426 e. The van der Waals surface area contributed by atoms with Crippen molar-refractivity contribution in [2.45, 2.75) is 26.3 Å². The Kier molecular flexibility index (Phi) is 4.94. The molecule has 0 aromatic heterocycles. The Labute approximate surface area is 215 Å². The third-order valence-electron chi connectivity index (χ3n) is 9.05. The predicted molar refractivity (Wildman–Crippen MR) is 134 cm³/mol. The number of aryl methyl sites for hydroxylation is 1. The van der Waals surface area contributed by atoms with Crippen LogP contribution in [0.5, 0.6) is 5.75 Å². The first-order valence-corrected chi connectivity index (χ1v) is 13.1. The lowest BCUT2D eigenvalue weighted by Gasteiger charge is -2.37. The van der Waals surface area contributed by atoms with Crippen LogP contribution in [0.2, 0.25) is 0 Å². The van der Waals surface area contributed by atoms with E-state index >= 15 is 0 Å². The van der Waals surface area contributed by atoms with Gasteiger partial charge >= 0.3 is 5.97 Å². The molecule has 4 aliphatic carbocycles.